The van der Waals surface area contributed by atoms with Crippen LogP contribution in [0.3, 0.4) is 0 Å². The van der Waals surface area contributed by atoms with Crippen LogP contribution in [0.4, 0.5) is 5.69 Å². The second-order valence-corrected chi connectivity index (χ2v) is 3.49. The molecular weight excluding hydrogens is 226 g/mol. The van der Waals surface area contributed by atoms with Crippen molar-refractivity contribution in [3.8, 4) is 5.75 Å². The summed E-state index contributed by atoms with van der Waals surface area (Å²) >= 11 is 0. The Hall–Kier alpha value is -2.37. The van der Waals surface area contributed by atoms with Crippen molar-refractivity contribution in [1.29, 1.82) is 0 Å². The highest BCUT2D eigenvalue weighted by atomic mass is 16.6. The van der Waals surface area contributed by atoms with Gasteiger partial charge in [-0.2, -0.15) is 0 Å². The van der Waals surface area contributed by atoms with Crippen molar-refractivity contribution < 1.29 is 18.9 Å². The van der Waals surface area contributed by atoms with Crippen molar-refractivity contribution in [2.24, 2.45) is 0 Å². The lowest BCUT2D eigenvalue weighted by atomic mass is 10.2. The van der Waals surface area contributed by atoms with Crippen LogP contribution in [-0.4, -0.2) is 17.3 Å². The fourth-order valence-electron chi connectivity index (χ4n) is 1.48. The van der Waals surface area contributed by atoms with Gasteiger partial charge in [0.2, 0.25) is 5.75 Å². The van der Waals surface area contributed by atoms with Gasteiger partial charge in [0.25, 0.3) is 0 Å². The number of fused-ring (bicyclic) bond motifs is 1. The Morgan fingerprint density at radius 3 is 2.88 bits per heavy atom. The molecule has 17 heavy (non-hydrogen) atoms. The van der Waals surface area contributed by atoms with Crippen LogP contribution in [-0.2, 0) is 4.79 Å². The number of carbonyl (C=O) groups is 1. The summed E-state index contributed by atoms with van der Waals surface area (Å²) in [5.74, 6) is -0.142. The molecule has 0 radical (unpaired) electrons. The van der Waals surface area contributed by atoms with E-state index in [9.17, 15) is 14.9 Å². The zero-order chi connectivity index (χ0) is 12.4. The minimum Gasteiger partial charge on any atom is -0.478 e. The summed E-state index contributed by atoms with van der Waals surface area (Å²) in [7, 11) is 0. The zero-order valence-electron chi connectivity index (χ0n) is 9.00. The number of rotatable bonds is 4. The molecule has 0 aliphatic rings. The quantitative estimate of drug-likeness (QED) is 0.599. The Labute approximate surface area is 95.9 Å². The molecule has 0 saturated carbocycles. The van der Waals surface area contributed by atoms with E-state index in [1.54, 1.807) is 6.07 Å². The maximum atomic E-state index is 10.9. The zero-order valence-corrected chi connectivity index (χ0v) is 9.00. The fraction of sp³-hybridized carbons (Fsp3) is 0.182. The highest BCUT2D eigenvalue weighted by Gasteiger charge is 2.20. The van der Waals surface area contributed by atoms with Gasteiger partial charge >= 0.3 is 5.69 Å². The normalized spacial score (nSPS) is 10.4. The lowest BCUT2D eigenvalue weighted by Gasteiger charge is -2.05. The van der Waals surface area contributed by atoms with Gasteiger partial charge in [-0.25, -0.2) is 0 Å². The number of nitro groups is 1. The number of benzene rings is 1. The Bertz CT molecular complexity index is 587. The van der Waals surface area contributed by atoms with Gasteiger partial charge in [-0.1, -0.05) is 0 Å². The number of hydrogen-bond donors (Lipinski definition) is 0. The van der Waals surface area contributed by atoms with Gasteiger partial charge < -0.3 is 9.15 Å². The number of hydrogen-bond acceptors (Lipinski definition) is 5. The van der Waals surface area contributed by atoms with E-state index < -0.39 is 4.92 Å². The summed E-state index contributed by atoms with van der Waals surface area (Å²) in [6.07, 6.45) is 1.41. The molecule has 6 nitrogen and oxygen atoms in total. The van der Waals surface area contributed by atoms with E-state index in [0.29, 0.717) is 11.0 Å². The van der Waals surface area contributed by atoms with E-state index in [1.165, 1.54) is 25.3 Å². The predicted molar refractivity (Wildman–Crippen MR) is 59.0 cm³/mol. The summed E-state index contributed by atoms with van der Waals surface area (Å²) in [4.78, 5) is 21.1. The van der Waals surface area contributed by atoms with Crippen molar-refractivity contribution >= 4 is 22.4 Å². The van der Waals surface area contributed by atoms with E-state index in [0.717, 1.165) is 0 Å². The number of Topliss-reactive ketones (excluding diaryl/α,β-unsaturated/α-hetero) is 1. The molecular formula is C11H9NO5. The molecule has 6 heteroatoms. The third kappa shape index (κ3) is 2.10. The first-order valence-corrected chi connectivity index (χ1v) is 4.86. The van der Waals surface area contributed by atoms with Crippen molar-refractivity contribution in [2.75, 3.05) is 6.61 Å². The molecule has 0 atom stereocenters. The summed E-state index contributed by atoms with van der Waals surface area (Å²) in [6.45, 7) is 1.15. The Balaban J connectivity index is 2.52. The number of furan rings is 1. The largest absolute Gasteiger partial charge is 0.478 e. The number of nitrogens with zero attached hydrogens (tertiary/aromatic N) is 1. The smallest absolute Gasteiger partial charge is 0.311 e. The average Bonchev–Trinajstić information content (AvgIpc) is 2.73. The van der Waals surface area contributed by atoms with Crippen molar-refractivity contribution in [3.63, 3.8) is 0 Å². The van der Waals surface area contributed by atoms with Gasteiger partial charge in [-0.15, -0.1) is 0 Å². The first-order valence-electron chi connectivity index (χ1n) is 4.86. The second-order valence-electron chi connectivity index (χ2n) is 3.49. The van der Waals surface area contributed by atoms with Gasteiger partial charge in [-0.3, -0.25) is 14.9 Å². The third-order valence-electron chi connectivity index (χ3n) is 2.18. The van der Waals surface area contributed by atoms with E-state index >= 15 is 0 Å². The van der Waals surface area contributed by atoms with E-state index in [4.69, 9.17) is 9.15 Å². The maximum absolute atomic E-state index is 10.9. The number of carbonyl (C=O) groups excluding carboxylic acids is 1. The molecule has 2 aromatic rings. The van der Waals surface area contributed by atoms with Crippen LogP contribution in [0.15, 0.2) is 28.9 Å². The molecule has 88 valence electrons. The molecule has 2 rings (SSSR count). The molecule has 0 unspecified atom stereocenters. The fourth-order valence-corrected chi connectivity index (χ4v) is 1.48. The van der Waals surface area contributed by atoms with Crippen molar-refractivity contribution in [2.45, 2.75) is 6.92 Å². The van der Waals surface area contributed by atoms with Gasteiger partial charge in [0.15, 0.2) is 5.78 Å². The van der Waals surface area contributed by atoms with E-state index in [1.807, 2.05) is 0 Å². The van der Waals surface area contributed by atoms with Crippen molar-refractivity contribution in [3.05, 3.63) is 34.6 Å². The Morgan fingerprint density at radius 2 is 2.24 bits per heavy atom. The molecule has 0 aliphatic heterocycles. The summed E-state index contributed by atoms with van der Waals surface area (Å²) in [5.41, 5.74) is 0.300. The highest BCUT2D eigenvalue weighted by molar-refractivity contribution is 5.88. The second kappa shape index (κ2) is 4.25. The molecule has 0 N–H and O–H groups in total. The van der Waals surface area contributed by atoms with Crippen LogP contribution in [0.25, 0.3) is 11.0 Å². The minimum absolute atomic E-state index is 0.0662. The average molecular weight is 235 g/mol. The standard InChI is InChI=1S/C11H9NO5/c1-7(13)6-17-11-8-4-5-16-10(8)3-2-9(11)12(14)15/h2-5H,6H2,1H3. The van der Waals surface area contributed by atoms with Crippen molar-refractivity contribution in [1.82, 2.24) is 0 Å². The van der Waals surface area contributed by atoms with Crippen LogP contribution in [0, 0.1) is 10.1 Å². The van der Waals surface area contributed by atoms with Gasteiger partial charge in [0.1, 0.15) is 12.2 Å². The topological polar surface area (TPSA) is 82.6 Å². The molecule has 0 bridgehead atoms. The number of nitro benzene ring substituents is 1. The van der Waals surface area contributed by atoms with Gasteiger partial charge in [0, 0.05) is 6.07 Å². The Morgan fingerprint density at radius 1 is 1.47 bits per heavy atom. The molecule has 1 aromatic heterocycles. The molecule has 0 fully saturated rings. The molecule has 0 aliphatic carbocycles. The monoisotopic (exact) mass is 235 g/mol. The number of ketones is 1. The SMILES string of the molecule is CC(=O)COc1c([N+](=O)[O-])ccc2occc12. The van der Waals surface area contributed by atoms with Crippen LogP contribution in [0.1, 0.15) is 6.92 Å². The van der Waals surface area contributed by atoms with Crippen LogP contribution >= 0.6 is 0 Å². The summed E-state index contributed by atoms with van der Waals surface area (Å²) in [5, 5.41) is 11.3. The molecule has 0 spiro atoms. The third-order valence-corrected chi connectivity index (χ3v) is 2.18. The van der Waals surface area contributed by atoms with Crippen LogP contribution in [0.2, 0.25) is 0 Å². The van der Waals surface area contributed by atoms with Crippen LogP contribution in [0.5, 0.6) is 5.75 Å². The minimum atomic E-state index is -0.554. The maximum Gasteiger partial charge on any atom is 0.311 e. The van der Waals surface area contributed by atoms with Gasteiger partial charge in [0.05, 0.1) is 16.6 Å². The molecule has 0 amide bonds. The highest BCUT2D eigenvalue weighted by Crippen LogP contribution is 2.35. The first-order chi connectivity index (χ1) is 8.09. The van der Waals surface area contributed by atoms with E-state index in [-0.39, 0.29) is 23.8 Å². The van der Waals surface area contributed by atoms with E-state index in [2.05, 4.69) is 0 Å². The first kappa shape index (κ1) is 11.1. The Kier molecular flexibility index (Phi) is 2.78. The molecule has 0 saturated heterocycles. The lowest BCUT2D eigenvalue weighted by molar-refractivity contribution is -0.385. The van der Waals surface area contributed by atoms with Crippen LogP contribution < -0.4 is 4.74 Å². The molecule has 1 heterocycles. The number of ether oxygens (including phenoxy) is 1. The summed E-state index contributed by atoms with van der Waals surface area (Å²) < 4.78 is 10.3. The summed E-state index contributed by atoms with van der Waals surface area (Å²) in [6, 6.07) is 4.35. The van der Waals surface area contributed by atoms with Gasteiger partial charge in [-0.05, 0) is 19.1 Å². The lowest BCUT2D eigenvalue weighted by Crippen LogP contribution is -2.08. The molecule has 1 aromatic carbocycles. The predicted octanol–water partition coefficient (Wildman–Crippen LogP) is 2.31.